The zero-order valence-electron chi connectivity index (χ0n) is 12.3. The van der Waals surface area contributed by atoms with Crippen LogP contribution in [0.1, 0.15) is 25.6 Å². The molecule has 3 N–H and O–H groups in total. The van der Waals surface area contributed by atoms with Gasteiger partial charge in [0.15, 0.2) is 11.5 Å². The maximum absolute atomic E-state index is 9.67. The first-order valence-corrected chi connectivity index (χ1v) is 6.97. The summed E-state index contributed by atoms with van der Waals surface area (Å²) in [6.07, 6.45) is 1.01. The van der Waals surface area contributed by atoms with Gasteiger partial charge >= 0.3 is 0 Å². The Labute approximate surface area is 126 Å². The summed E-state index contributed by atoms with van der Waals surface area (Å²) < 4.78 is 7.63. The minimum atomic E-state index is -1.26. The molecule has 0 aliphatic carbocycles. The summed E-state index contributed by atoms with van der Waals surface area (Å²) in [4.78, 5) is 6.78. The summed E-state index contributed by atoms with van der Waals surface area (Å²) in [7, 11) is 0. The first-order chi connectivity index (χ1) is 10.5. The van der Waals surface area contributed by atoms with Crippen LogP contribution < -0.4 is 5.73 Å². The highest BCUT2D eigenvalue weighted by Gasteiger charge is 2.51. The molecule has 2 aromatic rings. The van der Waals surface area contributed by atoms with Crippen LogP contribution in [0.3, 0.4) is 0 Å². The summed E-state index contributed by atoms with van der Waals surface area (Å²) >= 11 is 0. The molecule has 116 valence electrons. The van der Waals surface area contributed by atoms with Crippen LogP contribution >= 0.6 is 0 Å². The Bertz CT molecular complexity index is 754. The van der Waals surface area contributed by atoms with E-state index in [-0.39, 0.29) is 24.5 Å². The number of nitrogen functional groups attached to an aromatic ring is 1. The van der Waals surface area contributed by atoms with Gasteiger partial charge in [-0.1, -0.05) is 19.0 Å². The fourth-order valence-electron chi connectivity index (χ4n) is 3.03. The third kappa shape index (κ3) is 1.91. The Hall–Kier alpha value is -2.35. The van der Waals surface area contributed by atoms with Gasteiger partial charge in [-0.3, -0.25) is 0 Å². The number of rotatable bonds is 3. The molecule has 22 heavy (non-hydrogen) atoms. The first kappa shape index (κ1) is 14.6. The van der Waals surface area contributed by atoms with E-state index >= 15 is 0 Å². The normalized spacial score (nSPS) is 31.3. The zero-order valence-corrected chi connectivity index (χ0v) is 12.3. The van der Waals surface area contributed by atoms with Crippen LogP contribution in [0.15, 0.2) is 23.6 Å². The number of fused-ring (bicyclic) bond motifs is 1. The van der Waals surface area contributed by atoms with Crippen LogP contribution in [-0.2, 0) is 4.74 Å². The molecule has 9 nitrogen and oxygen atoms in total. The van der Waals surface area contributed by atoms with E-state index < -0.39 is 5.72 Å². The van der Waals surface area contributed by atoms with Crippen molar-refractivity contribution in [3.8, 4) is 0 Å². The third-order valence-electron chi connectivity index (χ3n) is 4.55. The molecular weight excluding hydrogens is 286 g/mol. The third-order valence-corrected chi connectivity index (χ3v) is 4.55. The topological polar surface area (TPSA) is 134 Å². The highest BCUT2D eigenvalue weighted by Crippen LogP contribution is 2.48. The van der Waals surface area contributed by atoms with Crippen LogP contribution in [0.25, 0.3) is 16.0 Å². The van der Waals surface area contributed by atoms with Crippen molar-refractivity contribution in [2.24, 2.45) is 17.0 Å². The largest absolute Gasteiger partial charge is 0.393 e. The zero-order chi connectivity index (χ0) is 15.9. The van der Waals surface area contributed by atoms with Crippen LogP contribution in [0.5, 0.6) is 0 Å². The molecule has 3 heterocycles. The summed E-state index contributed by atoms with van der Waals surface area (Å²) in [5.41, 5.74) is 14.8. The number of hydrogen-bond acceptors (Lipinski definition) is 6. The highest BCUT2D eigenvalue weighted by atomic mass is 16.5. The lowest BCUT2D eigenvalue weighted by atomic mass is 9.86. The summed E-state index contributed by atoms with van der Waals surface area (Å²) in [6, 6.07) is 3.68. The molecule has 1 fully saturated rings. The molecule has 4 atom stereocenters. The van der Waals surface area contributed by atoms with Crippen molar-refractivity contribution >= 4 is 11.3 Å². The van der Waals surface area contributed by atoms with E-state index in [0.29, 0.717) is 11.3 Å². The summed E-state index contributed by atoms with van der Waals surface area (Å²) in [6.45, 7) is 3.51. The van der Waals surface area contributed by atoms with E-state index in [1.807, 2.05) is 26.0 Å². The van der Waals surface area contributed by atoms with Gasteiger partial charge in [0.2, 0.25) is 0 Å². The van der Waals surface area contributed by atoms with E-state index in [1.165, 1.54) is 6.33 Å². The average Bonchev–Trinajstić information content (AvgIpc) is 3.04. The van der Waals surface area contributed by atoms with Gasteiger partial charge in [0.1, 0.15) is 17.9 Å². The number of nitrogens with two attached hydrogens (primary N) is 1. The second-order valence-corrected chi connectivity index (χ2v) is 5.58. The second-order valence-electron chi connectivity index (χ2n) is 5.58. The predicted octanol–water partition coefficient (Wildman–Crippen LogP) is 1.65. The molecular formula is C13H17N7O2. The standard InChI is InChI=1S/C13H17N7O2/c1-7-8(2)13(5-21,18-19-15)22-11(7)9-3-4-10-12(14)16-6-17-20(9)10/h3-4,6-8,11,21H,5H2,1-2H3,(H2,14,16,17)/t7-,8+,11-,13-/m1/s1. The van der Waals surface area contributed by atoms with Crippen LogP contribution in [0, 0.1) is 11.8 Å². The van der Waals surface area contributed by atoms with Crippen LogP contribution in [0.4, 0.5) is 5.82 Å². The molecule has 0 saturated carbocycles. The molecule has 0 unspecified atom stereocenters. The smallest absolute Gasteiger partial charge is 0.173 e. The van der Waals surface area contributed by atoms with E-state index in [0.717, 1.165) is 5.69 Å². The van der Waals surface area contributed by atoms with E-state index in [2.05, 4.69) is 20.1 Å². The van der Waals surface area contributed by atoms with Crippen LogP contribution in [0.2, 0.25) is 0 Å². The molecule has 1 aliphatic heterocycles. The van der Waals surface area contributed by atoms with E-state index in [9.17, 15) is 5.11 Å². The average molecular weight is 303 g/mol. The number of ether oxygens (including phenoxy) is 1. The molecule has 9 heteroatoms. The van der Waals surface area contributed by atoms with Gasteiger partial charge in [0.05, 0.1) is 12.3 Å². The molecule has 3 rings (SSSR count). The van der Waals surface area contributed by atoms with Gasteiger partial charge in [-0.05, 0) is 29.5 Å². The van der Waals surface area contributed by atoms with Crippen molar-refractivity contribution in [2.45, 2.75) is 25.7 Å². The van der Waals surface area contributed by atoms with Crippen LogP contribution in [-0.4, -0.2) is 32.0 Å². The lowest BCUT2D eigenvalue weighted by Gasteiger charge is -2.25. The van der Waals surface area contributed by atoms with Gasteiger partial charge < -0.3 is 15.6 Å². The second kappa shape index (κ2) is 5.13. The van der Waals surface area contributed by atoms with Gasteiger partial charge in [0, 0.05) is 4.91 Å². The van der Waals surface area contributed by atoms with Crippen molar-refractivity contribution in [1.82, 2.24) is 14.6 Å². The van der Waals surface area contributed by atoms with Crippen molar-refractivity contribution in [2.75, 3.05) is 12.3 Å². The maximum Gasteiger partial charge on any atom is 0.173 e. The molecule has 0 spiro atoms. The Morgan fingerprint density at radius 1 is 1.55 bits per heavy atom. The van der Waals surface area contributed by atoms with Crippen molar-refractivity contribution < 1.29 is 9.84 Å². The molecule has 2 aromatic heterocycles. The lowest BCUT2D eigenvalue weighted by Crippen LogP contribution is -2.36. The van der Waals surface area contributed by atoms with Crippen molar-refractivity contribution in [3.63, 3.8) is 0 Å². The number of anilines is 1. The Morgan fingerprint density at radius 3 is 3.00 bits per heavy atom. The first-order valence-electron chi connectivity index (χ1n) is 6.97. The summed E-state index contributed by atoms with van der Waals surface area (Å²) in [5.74, 6) is 0.249. The molecule has 0 radical (unpaired) electrons. The molecule has 1 aliphatic rings. The Kier molecular flexibility index (Phi) is 3.40. The number of azide groups is 1. The number of aromatic nitrogens is 3. The predicted molar refractivity (Wildman–Crippen MR) is 78.5 cm³/mol. The van der Waals surface area contributed by atoms with Crippen molar-refractivity contribution in [3.05, 3.63) is 34.6 Å². The minimum absolute atomic E-state index is 0.0203. The van der Waals surface area contributed by atoms with E-state index in [1.54, 1.807) is 4.52 Å². The Morgan fingerprint density at radius 2 is 2.32 bits per heavy atom. The Balaban J connectivity index is 2.08. The monoisotopic (exact) mass is 303 g/mol. The maximum atomic E-state index is 9.67. The van der Waals surface area contributed by atoms with E-state index in [4.69, 9.17) is 16.0 Å². The number of aliphatic hydroxyl groups excluding tert-OH is 1. The molecule has 0 bridgehead atoms. The fraction of sp³-hybridized carbons (Fsp3) is 0.538. The highest BCUT2D eigenvalue weighted by molar-refractivity contribution is 5.65. The molecule has 0 amide bonds. The molecule has 0 aromatic carbocycles. The van der Waals surface area contributed by atoms with Gasteiger partial charge in [0.25, 0.3) is 0 Å². The van der Waals surface area contributed by atoms with Gasteiger partial charge in [-0.2, -0.15) is 5.10 Å². The fourth-order valence-corrected chi connectivity index (χ4v) is 3.03. The summed E-state index contributed by atoms with van der Waals surface area (Å²) in [5, 5.41) is 17.6. The van der Waals surface area contributed by atoms with Gasteiger partial charge in [-0.25, -0.2) is 9.50 Å². The lowest BCUT2D eigenvalue weighted by molar-refractivity contribution is -0.0865. The molecule has 1 saturated heterocycles. The quantitative estimate of drug-likeness (QED) is 0.505. The number of nitrogens with zero attached hydrogens (tertiary/aromatic N) is 6. The number of hydrogen-bond donors (Lipinski definition) is 2. The van der Waals surface area contributed by atoms with Gasteiger partial charge in [-0.15, -0.1) is 0 Å². The minimum Gasteiger partial charge on any atom is -0.393 e. The van der Waals surface area contributed by atoms with Crippen molar-refractivity contribution in [1.29, 1.82) is 0 Å². The number of aliphatic hydroxyl groups is 1. The SMILES string of the molecule is C[C@H]1[C@H](c2ccc3c(N)ncnn23)O[C@@](CO)(N=[N+]=[N-])[C@H]1C.